The van der Waals surface area contributed by atoms with Crippen LogP contribution in [0.25, 0.3) is 0 Å². The van der Waals surface area contributed by atoms with Gasteiger partial charge < -0.3 is 15.3 Å². The Morgan fingerprint density at radius 2 is 2.04 bits per heavy atom. The molecule has 1 aliphatic rings. The molecule has 0 aliphatic carbocycles. The Morgan fingerprint density at radius 1 is 1.30 bits per heavy atom. The first-order valence-corrected chi connectivity index (χ1v) is 9.28. The predicted octanol–water partition coefficient (Wildman–Crippen LogP) is 3.00. The highest BCUT2D eigenvalue weighted by molar-refractivity contribution is 7.13. The van der Waals surface area contributed by atoms with E-state index in [4.69, 9.17) is 0 Å². The van der Waals surface area contributed by atoms with Crippen molar-refractivity contribution in [3.8, 4) is 0 Å². The molecule has 0 spiro atoms. The first-order chi connectivity index (χ1) is 11.3. The summed E-state index contributed by atoms with van der Waals surface area (Å²) in [4.78, 5) is 6.74. The Hall–Kier alpha value is -1.43. The number of aliphatic hydroxyl groups is 1. The number of nitrogens with zero attached hydrogens (tertiary/aromatic N) is 2. The summed E-state index contributed by atoms with van der Waals surface area (Å²) in [6, 6.07) is 9.07. The molecule has 1 fully saturated rings. The molecule has 0 amide bonds. The SMILES string of the molecule is CCc1ccc(C(CO)NC2CCN(c3nccs3)CC2)cc1. The zero-order valence-electron chi connectivity index (χ0n) is 13.6. The summed E-state index contributed by atoms with van der Waals surface area (Å²) in [7, 11) is 0. The van der Waals surface area contributed by atoms with Crippen molar-refractivity contribution in [2.75, 3.05) is 24.6 Å². The maximum Gasteiger partial charge on any atom is 0.185 e. The molecule has 1 unspecified atom stereocenters. The number of anilines is 1. The minimum Gasteiger partial charge on any atom is -0.394 e. The van der Waals surface area contributed by atoms with Crippen molar-refractivity contribution in [1.29, 1.82) is 0 Å². The van der Waals surface area contributed by atoms with Crippen LogP contribution in [0.1, 0.15) is 36.9 Å². The molecule has 1 aromatic heterocycles. The molecule has 2 heterocycles. The number of nitrogens with one attached hydrogen (secondary N) is 1. The van der Waals surface area contributed by atoms with Gasteiger partial charge >= 0.3 is 0 Å². The van der Waals surface area contributed by atoms with Crippen LogP contribution in [0.3, 0.4) is 0 Å². The number of aliphatic hydroxyl groups excluding tert-OH is 1. The summed E-state index contributed by atoms with van der Waals surface area (Å²) >= 11 is 1.70. The number of rotatable bonds is 6. The lowest BCUT2D eigenvalue weighted by Gasteiger charge is -2.34. The number of piperidine rings is 1. The summed E-state index contributed by atoms with van der Waals surface area (Å²) < 4.78 is 0. The summed E-state index contributed by atoms with van der Waals surface area (Å²) in [5, 5.41) is 16.5. The van der Waals surface area contributed by atoms with Gasteiger partial charge in [-0.3, -0.25) is 0 Å². The molecule has 0 radical (unpaired) electrons. The van der Waals surface area contributed by atoms with E-state index in [1.54, 1.807) is 11.3 Å². The highest BCUT2D eigenvalue weighted by Crippen LogP contribution is 2.23. The molecular formula is C18H25N3OS. The third-order valence-electron chi connectivity index (χ3n) is 4.59. The Kier molecular flexibility index (Phi) is 5.65. The van der Waals surface area contributed by atoms with Gasteiger partial charge in [-0.05, 0) is 30.4 Å². The fourth-order valence-electron chi connectivity index (χ4n) is 3.13. The zero-order valence-corrected chi connectivity index (χ0v) is 14.4. The zero-order chi connectivity index (χ0) is 16.1. The lowest BCUT2D eigenvalue weighted by Crippen LogP contribution is -2.44. The van der Waals surface area contributed by atoms with Crippen LogP contribution in [0.2, 0.25) is 0 Å². The maximum atomic E-state index is 9.76. The Labute approximate surface area is 142 Å². The van der Waals surface area contributed by atoms with Crippen molar-refractivity contribution in [3.05, 3.63) is 47.0 Å². The summed E-state index contributed by atoms with van der Waals surface area (Å²) in [5.74, 6) is 0. The molecule has 5 heteroatoms. The summed E-state index contributed by atoms with van der Waals surface area (Å²) in [5.41, 5.74) is 2.51. The summed E-state index contributed by atoms with van der Waals surface area (Å²) in [6.07, 6.45) is 5.09. The highest BCUT2D eigenvalue weighted by atomic mass is 32.1. The fourth-order valence-corrected chi connectivity index (χ4v) is 3.83. The van der Waals surface area contributed by atoms with Crippen molar-refractivity contribution >= 4 is 16.5 Å². The van der Waals surface area contributed by atoms with E-state index in [9.17, 15) is 5.11 Å². The van der Waals surface area contributed by atoms with E-state index in [0.717, 1.165) is 37.5 Å². The number of aryl methyl sites for hydroxylation is 1. The minimum absolute atomic E-state index is 0.0253. The highest BCUT2D eigenvalue weighted by Gasteiger charge is 2.23. The van der Waals surface area contributed by atoms with Crippen LogP contribution in [-0.2, 0) is 6.42 Å². The molecule has 1 saturated heterocycles. The monoisotopic (exact) mass is 331 g/mol. The second-order valence-electron chi connectivity index (χ2n) is 6.07. The average Bonchev–Trinajstić information content (AvgIpc) is 3.15. The maximum absolute atomic E-state index is 9.76. The van der Waals surface area contributed by atoms with Gasteiger partial charge in [0.05, 0.1) is 12.6 Å². The molecule has 2 aromatic rings. The van der Waals surface area contributed by atoms with E-state index in [-0.39, 0.29) is 12.6 Å². The van der Waals surface area contributed by atoms with Gasteiger partial charge in [0.2, 0.25) is 0 Å². The van der Waals surface area contributed by atoms with Crippen LogP contribution in [0, 0.1) is 0 Å². The second kappa shape index (κ2) is 7.90. The molecule has 4 nitrogen and oxygen atoms in total. The van der Waals surface area contributed by atoms with E-state index in [1.807, 2.05) is 11.6 Å². The van der Waals surface area contributed by atoms with Crippen LogP contribution in [0.4, 0.5) is 5.13 Å². The third kappa shape index (κ3) is 4.10. The van der Waals surface area contributed by atoms with Crippen molar-refractivity contribution < 1.29 is 5.11 Å². The fraction of sp³-hybridized carbons (Fsp3) is 0.500. The number of thiazole rings is 1. The second-order valence-corrected chi connectivity index (χ2v) is 6.95. The Balaban J connectivity index is 1.55. The van der Waals surface area contributed by atoms with Gasteiger partial charge in [-0.15, -0.1) is 11.3 Å². The van der Waals surface area contributed by atoms with Gasteiger partial charge in [0.25, 0.3) is 0 Å². The Morgan fingerprint density at radius 3 is 2.61 bits per heavy atom. The van der Waals surface area contributed by atoms with Gasteiger partial charge in [0.1, 0.15) is 0 Å². The normalized spacial score (nSPS) is 17.4. The molecule has 1 aliphatic heterocycles. The molecule has 2 N–H and O–H groups in total. The molecule has 0 saturated carbocycles. The molecule has 1 atom stereocenters. The third-order valence-corrected chi connectivity index (χ3v) is 5.43. The minimum atomic E-state index is 0.0253. The van der Waals surface area contributed by atoms with Crippen molar-refractivity contribution in [3.63, 3.8) is 0 Å². The van der Waals surface area contributed by atoms with Gasteiger partial charge in [-0.2, -0.15) is 0 Å². The number of aromatic nitrogens is 1. The van der Waals surface area contributed by atoms with Crippen LogP contribution in [0.5, 0.6) is 0 Å². The molecule has 124 valence electrons. The molecule has 23 heavy (non-hydrogen) atoms. The van der Waals surface area contributed by atoms with Crippen LogP contribution >= 0.6 is 11.3 Å². The molecule has 3 rings (SSSR count). The number of hydrogen-bond acceptors (Lipinski definition) is 5. The summed E-state index contributed by atoms with van der Waals surface area (Å²) in [6.45, 7) is 4.35. The first kappa shape index (κ1) is 16.4. The Bertz CT molecular complexity index is 577. The lowest BCUT2D eigenvalue weighted by molar-refractivity contribution is 0.225. The van der Waals surface area contributed by atoms with Crippen molar-refractivity contribution in [1.82, 2.24) is 10.3 Å². The van der Waals surface area contributed by atoms with E-state index >= 15 is 0 Å². The largest absolute Gasteiger partial charge is 0.394 e. The predicted molar refractivity (Wildman–Crippen MR) is 96.1 cm³/mol. The molecule has 1 aromatic carbocycles. The van der Waals surface area contributed by atoms with Gasteiger partial charge in [-0.25, -0.2) is 4.98 Å². The van der Waals surface area contributed by atoms with Crippen LogP contribution in [0.15, 0.2) is 35.8 Å². The van der Waals surface area contributed by atoms with Gasteiger partial charge in [-0.1, -0.05) is 31.2 Å². The molecule has 0 bridgehead atoms. The standard InChI is InChI=1S/C18H25N3OS/c1-2-14-3-5-15(6-4-14)17(13-22)20-16-7-10-21(11-8-16)18-19-9-12-23-18/h3-6,9,12,16-17,20,22H,2,7-8,10-11,13H2,1H3. The molecular weight excluding hydrogens is 306 g/mol. The van der Waals surface area contributed by atoms with Crippen LogP contribution < -0.4 is 10.2 Å². The van der Waals surface area contributed by atoms with Crippen molar-refractivity contribution in [2.45, 2.75) is 38.3 Å². The topological polar surface area (TPSA) is 48.4 Å². The van der Waals surface area contributed by atoms with Crippen molar-refractivity contribution in [2.24, 2.45) is 0 Å². The van der Waals surface area contributed by atoms with Gasteiger partial charge in [0.15, 0.2) is 5.13 Å². The average molecular weight is 331 g/mol. The quantitative estimate of drug-likeness (QED) is 0.854. The number of benzene rings is 1. The first-order valence-electron chi connectivity index (χ1n) is 8.40. The van der Waals surface area contributed by atoms with E-state index < -0.39 is 0 Å². The van der Waals surface area contributed by atoms with E-state index in [2.05, 4.69) is 46.4 Å². The van der Waals surface area contributed by atoms with Crippen LogP contribution in [-0.4, -0.2) is 35.8 Å². The number of hydrogen-bond donors (Lipinski definition) is 2. The lowest BCUT2D eigenvalue weighted by atomic mass is 10.00. The van der Waals surface area contributed by atoms with E-state index in [1.165, 1.54) is 11.1 Å². The van der Waals surface area contributed by atoms with Gasteiger partial charge in [0, 0.05) is 30.7 Å². The smallest absolute Gasteiger partial charge is 0.185 e. The van der Waals surface area contributed by atoms with E-state index in [0.29, 0.717) is 6.04 Å².